The van der Waals surface area contributed by atoms with E-state index in [0.29, 0.717) is 19.8 Å². The maximum absolute atomic E-state index is 10.2. The van der Waals surface area contributed by atoms with Crippen molar-refractivity contribution in [1.29, 1.82) is 0 Å². The van der Waals surface area contributed by atoms with Gasteiger partial charge in [0.1, 0.15) is 11.9 Å². The lowest BCUT2D eigenvalue weighted by atomic mass is 10.1. The van der Waals surface area contributed by atoms with Crippen molar-refractivity contribution in [3.05, 3.63) is 0 Å². The van der Waals surface area contributed by atoms with Crippen LogP contribution in [0.1, 0.15) is 13.8 Å². The molecular weight excluding hydrogens is 144 g/mol. The number of ether oxygens (including phenoxy) is 2. The predicted molar refractivity (Wildman–Crippen MR) is 40.4 cm³/mol. The standard InChI is InChI=1S/C8H14O3/c1-7(3-9)4-11-8(2)5-10-6-8/h3,7H,4-6H2,1-2H3. The third kappa shape index (κ3) is 2.27. The van der Waals surface area contributed by atoms with Gasteiger partial charge in [-0.1, -0.05) is 6.92 Å². The van der Waals surface area contributed by atoms with Crippen LogP contribution < -0.4 is 0 Å². The first-order valence-corrected chi connectivity index (χ1v) is 3.83. The van der Waals surface area contributed by atoms with Crippen LogP contribution in [-0.2, 0) is 14.3 Å². The molecule has 0 aromatic heterocycles. The lowest BCUT2D eigenvalue weighted by Crippen LogP contribution is -2.49. The SMILES string of the molecule is CC(C=O)COC1(C)COC1. The lowest BCUT2D eigenvalue weighted by molar-refractivity contribution is -0.202. The van der Waals surface area contributed by atoms with E-state index in [1.54, 1.807) is 0 Å². The molecule has 1 aliphatic heterocycles. The van der Waals surface area contributed by atoms with Gasteiger partial charge in [0.2, 0.25) is 0 Å². The van der Waals surface area contributed by atoms with Gasteiger partial charge in [-0.05, 0) is 6.92 Å². The maximum Gasteiger partial charge on any atom is 0.125 e. The van der Waals surface area contributed by atoms with Gasteiger partial charge >= 0.3 is 0 Å². The minimum atomic E-state index is -0.128. The van der Waals surface area contributed by atoms with Gasteiger partial charge in [-0.3, -0.25) is 0 Å². The highest BCUT2D eigenvalue weighted by Crippen LogP contribution is 2.21. The Balaban J connectivity index is 2.15. The molecule has 11 heavy (non-hydrogen) atoms. The molecule has 0 aromatic carbocycles. The van der Waals surface area contributed by atoms with Crippen LogP contribution >= 0.6 is 0 Å². The normalized spacial score (nSPS) is 23.8. The summed E-state index contributed by atoms with van der Waals surface area (Å²) >= 11 is 0. The van der Waals surface area contributed by atoms with E-state index >= 15 is 0 Å². The molecular formula is C8H14O3. The highest BCUT2D eigenvalue weighted by molar-refractivity contribution is 5.52. The predicted octanol–water partition coefficient (Wildman–Crippen LogP) is 0.627. The average molecular weight is 158 g/mol. The summed E-state index contributed by atoms with van der Waals surface area (Å²) in [4.78, 5) is 10.2. The minimum Gasteiger partial charge on any atom is -0.375 e. The van der Waals surface area contributed by atoms with E-state index in [0.717, 1.165) is 6.29 Å². The third-order valence-electron chi connectivity index (χ3n) is 1.74. The second-order valence-corrected chi connectivity index (χ2v) is 3.37. The number of rotatable bonds is 4. The number of hydrogen-bond acceptors (Lipinski definition) is 3. The Morgan fingerprint density at radius 1 is 1.73 bits per heavy atom. The monoisotopic (exact) mass is 158 g/mol. The molecule has 0 saturated carbocycles. The largest absolute Gasteiger partial charge is 0.375 e. The summed E-state index contributed by atoms with van der Waals surface area (Å²) in [7, 11) is 0. The summed E-state index contributed by atoms with van der Waals surface area (Å²) in [5.74, 6) is -0.00701. The van der Waals surface area contributed by atoms with E-state index in [1.165, 1.54) is 0 Å². The number of carbonyl (C=O) groups is 1. The summed E-state index contributed by atoms with van der Waals surface area (Å²) < 4.78 is 10.5. The lowest BCUT2D eigenvalue weighted by Gasteiger charge is -2.38. The van der Waals surface area contributed by atoms with Gasteiger partial charge in [0, 0.05) is 5.92 Å². The molecule has 0 aliphatic carbocycles. The molecule has 0 bridgehead atoms. The zero-order valence-corrected chi connectivity index (χ0v) is 7.00. The van der Waals surface area contributed by atoms with Crippen molar-refractivity contribution in [3.8, 4) is 0 Å². The molecule has 3 heteroatoms. The molecule has 1 fully saturated rings. The second kappa shape index (κ2) is 3.32. The van der Waals surface area contributed by atoms with Crippen molar-refractivity contribution >= 4 is 6.29 Å². The molecule has 0 amide bonds. The first-order chi connectivity index (χ1) is 5.16. The van der Waals surface area contributed by atoms with E-state index in [-0.39, 0.29) is 11.5 Å². The van der Waals surface area contributed by atoms with Crippen molar-refractivity contribution in [3.63, 3.8) is 0 Å². The molecule has 0 aromatic rings. The van der Waals surface area contributed by atoms with Gasteiger partial charge < -0.3 is 14.3 Å². The third-order valence-corrected chi connectivity index (χ3v) is 1.74. The Labute approximate surface area is 66.7 Å². The molecule has 1 unspecified atom stereocenters. The molecule has 1 rings (SSSR count). The van der Waals surface area contributed by atoms with Crippen molar-refractivity contribution < 1.29 is 14.3 Å². The number of carbonyl (C=O) groups excluding carboxylic acids is 1. The van der Waals surface area contributed by atoms with Crippen LogP contribution in [0.3, 0.4) is 0 Å². The zero-order valence-electron chi connectivity index (χ0n) is 7.00. The quantitative estimate of drug-likeness (QED) is 0.563. The fraction of sp³-hybridized carbons (Fsp3) is 0.875. The summed E-state index contributed by atoms with van der Waals surface area (Å²) in [5.41, 5.74) is -0.128. The molecule has 1 saturated heterocycles. The Morgan fingerprint density at radius 2 is 2.36 bits per heavy atom. The fourth-order valence-corrected chi connectivity index (χ4v) is 0.845. The molecule has 0 radical (unpaired) electrons. The minimum absolute atomic E-state index is 0.00701. The Kier molecular flexibility index (Phi) is 2.62. The van der Waals surface area contributed by atoms with Crippen LogP contribution in [0.15, 0.2) is 0 Å². The summed E-state index contributed by atoms with van der Waals surface area (Å²) in [6, 6.07) is 0. The van der Waals surface area contributed by atoms with Crippen LogP contribution in [0, 0.1) is 5.92 Å². The maximum atomic E-state index is 10.2. The van der Waals surface area contributed by atoms with Crippen molar-refractivity contribution in [2.75, 3.05) is 19.8 Å². The van der Waals surface area contributed by atoms with Gasteiger partial charge in [0.05, 0.1) is 19.8 Å². The molecule has 0 N–H and O–H groups in total. The van der Waals surface area contributed by atoms with Crippen LogP contribution in [0.25, 0.3) is 0 Å². The summed E-state index contributed by atoms with van der Waals surface area (Å²) in [6.07, 6.45) is 0.906. The molecule has 64 valence electrons. The Hall–Kier alpha value is -0.410. The van der Waals surface area contributed by atoms with Gasteiger partial charge in [-0.2, -0.15) is 0 Å². The van der Waals surface area contributed by atoms with Gasteiger partial charge in [0.25, 0.3) is 0 Å². The van der Waals surface area contributed by atoms with E-state index in [9.17, 15) is 4.79 Å². The molecule has 3 nitrogen and oxygen atoms in total. The second-order valence-electron chi connectivity index (χ2n) is 3.37. The summed E-state index contributed by atoms with van der Waals surface area (Å²) in [6.45, 7) is 5.64. The van der Waals surface area contributed by atoms with Gasteiger partial charge in [0.15, 0.2) is 0 Å². The topological polar surface area (TPSA) is 35.5 Å². The van der Waals surface area contributed by atoms with Crippen LogP contribution in [0.4, 0.5) is 0 Å². The van der Waals surface area contributed by atoms with Crippen LogP contribution in [0.2, 0.25) is 0 Å². The summed E-state index contributed by atoms with van der Waals surface area (Å²) in [5, 5.41) is 0. The smallest absolute Gasteiger partial charge is 0.125 e. The molecule has 1 aliphatic rings. The van der Waals surface area contributed by atoms with E-state index in [1.807, 2.05) is 13.8 Å². The highest BCUT2D eigenvalue weighted by atomic mass is 16.6. The van der Waals surface area contributed by atoms with Crippen molar-refractivity contribution in [1.82, 2.24) is 0 Å². The van der Waals surface area contributed by atoms with Gasteiger partial charge in [-0.15, -0.1) is 0 Å². The van der Waals surface area contributed by atoms with E-state index < -0.39 is 0 Å². The van der Waals surface area contributed by atoms with Crippen molar-refractivity contribution in [2.45, 2.75) is 19.4 Å². The fourth-order valence-electron chi connectivity index (χ4n) is 0.845. The Morgan fingerprint density at radius 3 is 2.73 bits per heavy atom. The van der Waals surface area contributed by atoms with Crippen LogP contribution in [-0.4, -0.2) is 31.7 Å². The highest BCUT2D eigenvalue weighted by Gasteiger charge is 2.34. The van der Waals surface area contributed by atoms with Crippen LogP contribution in [0.5, 0.6) is 0 Å². The first-order valence-electron chi connectivity index (χ1n) is 3.83. The average Bonchev–Trinajstić information content (AvgIpc) is 1.96. The number of aldehydes is 1. The molecule has 1 atom stereocenters. The van der Waals surface area contributed by atoms with E-state index in [2.05, 4.69) is 0 Å². The molecule has 0 spiro atoms. The number of hydrogen-bond donors (Lipinski definition) is 0. The Bertz CT molecular complexity index is 140. The van der Waals surface area contributed by atoms with E-state index in [4.69, 9.17) is 9.47 Å². The van der Waals surface area contributed by atoms with Crippen molar-refractivity contribution in [2.24, 2.45) is 5.92 Å². The molecule has 1 heterocycles. The van der Waals surface area contributed by atoms with Gasteiger partial charge in [-0.25, -0.2) is 0 Å². The first kappa shape index (κ1) is 8.68. The zero-order chi connectivity index (χ0) is 8.32.